The Morgan fingerprint density at radius 2 is 2.06 bits per heavy atom. The number of rotatable bonds is 3. The molecule has 0 aliphatic carbocycles. The van der Waals surface area contributed by atoms with Crippen molar-refractivity contribution in [3.63, 3.8) is 0 Å². The average Bonchev–Trinajstić information content (AvgIpc) is 2.32. The highest BCUT2D eigenvalue weighted by Gasteiger charge is 2.30. The van der Waals surface area contributed by atoms with Gasteiger partial charge in [-0.3, -0.25) is 0 Å². The van der Waals surface area contributed by atoms with Gasteiger partial charge in [0.15, 0.2) is 0 Å². The number of hydrogen-bond donors (Lipinski definition) is 0. The number of ether oxygens (including phenoxy) is 1. The largest absolute Gasteiger partial charge is 0.362 e. The van der Waals surface area contributed by atoms with Gasteiger partial charge >= 0.3 is 0 Å². The first kappa shape index (κ1) is 13.5. The van der Waals surface area contributed by atoms with Crippen molar-refractivity contribution in [2.24, 2.45) is 0 Å². The Morgan fingerprint density at radius 1 is 1.39 bits per heavy atom. The van der Waals surface area contributed by atoms with Crippen molar-refractivity contribution in [3.8, 4) is 0 Å². The molecule has 6 heteroatoms. The Morgan fingerprint density at radius 3 is 2.67 bits per heavy atom. The lowest BCUT2D eigenvalue weighted by molar-refractivity contribution is -0.0411. The van der Waals surface area contributed by atoms with Crippen LogP contribution in [-0.4, -0.2) is 32.1 Å². The summed E-state index contributed by atoms with van der Waals surface area (Å²) in [6.07, 6.45) is 0.275. The zero-order chi connectivity index (χ0) is 13.2. The Bertz CT molecular complexity index is 501. The molecular weight excluding hydrogens is 257 g/mol. The van der Waals surface area contributed by atoms with E-state index in [0.29, 0.717) is 25.1 Å². The molecule has 0 radical (unpaired) electrons. The minimum Gasteiger partial charge on any atom is -0.362 e. The van der Waals surface area contributed by atoms with E-state index in [9.17, 15) is 12.8 Å². The smallest absolute Gasteiger partial charge is 0.220 e. The second kappa shape index (κ2) is 5.34. The maximum absolute atomic E-state index is 12.8. The summed E-state index contributed by atoms with van der Waals surface area (Å²) in [6, 6.07) is 5.51. The van der Waals surface area contributed by atoms with E-state index >= 15 is 0 Å². The molecule has 1 unspecified atom stereocenters. The quantitative estimate of drug-likeness (QED) is 0.842. The second-order valence-corrected chi connectivity index (χ2v) is 6.24. The fraction of sp³-hybridized carbons (Fsp3) is 0.500. The molecule has 18 heavy (non-hydrogen) atoms. The highest BCUT2D eigenvalue weighted by atomic mass is 32.2. The molecule has 1 aliphatic heterocycles. The van der Waals surface area contributed by atoms with Crippen molar-refractivity contribution in [2.75, 3.05) is 13.2 Å². The molecule has 1 aromatic rings. The molecule has 1 heterocycles. The van der Waals surface area contributed by atoms with Gasteiger partial charge in [-0.1, -0.05) is 12.1 Å². The van der Waals surface area contributed by atoms with Gasteiger partial charge in [0, 0.05) is 13.2 Å². The van der Waals surface area contributed by atoms with Crippen LogP contribution in [0.5, 0.6) is 0 Å². The second-order valence-electron chi connectivity index (χ2n) is 4.32. The monoisotopic (exact) mass is 273 g/mol. The Balaban J connectivity index is 2.13. The van der Waals surface area contributed by atoms with Gasteiger partial charge in [-0.25, -0.2) is 12.8 Å². The summed E-state index contributed by atoms with van der Waals surface area (Å²) in [5.41, 5.74) is 0.578. The van der Waals surface area contributed by atoms with Gasteiger partial charge in [0.2, 0.25) is 10.0 Å². The first-order chi connectivity index (χ1) is 8.49. The zero-order valence-electron chi connectivity index (χ0n) is 10.2. The molecule has 100 valence electrons. The van der Waals surface area contributed by atoms with E-state index in [1.807, 2.05) is 0 Å². The molecule has 1 saturated heterocycles. The third-order valence-electron chi connectivity index (χ3n) is 2.91. The number of nitrogens with zero attached hydrogens (tertiary/aromatic N) is 1. The van der Waals surface area contributed by atoms with Crippen LogP contribution in [0.25, 0.3) is 0 Å². The van der Waals surface area contributed by atoms with Gasteiger partial charge in [0.25, 0.3) is 0 Å². The van der Waals surface area contributed by atoms with Crippen LogP contribution in [0, 0.1) is 5.82 Å². The van der Waals surface area contributed by atoms with Crippen molar-refractivity contribution in [2.45, 2.75) is 25.3 Å². The molecule has 1 aliphatic rings. The van der Waals surface area contributed by atoms with Gasteiger partial charge in [-0.05, 0) is 31.0 Å². The number of benzene rings is 1. The first-order valence-corrected chi connectivity index (χ1v) is 7.45. The van der Waals surface area contributed by atoms with E-state index in [1.165, 1.54) is 28.6 Å². The average molecular weight is 273 g/mol. The standard InChI is InChI=1S/C12H16FNO3S/c1-10-14(7-2-8-17-10)18(15,16)9-11-3-5-12(13)6-4-11/h3-6,10H,2,7-9H2,1H3. The molecule has 2 rings (SSSR count). The maximum Gasteiger partial charge on any atom is 0.220 e. The highest BCUT2D eigenvalue weighted by Crippen LogP contribution is 2.18. The molecule has 0 aromatic heterocycles. The van der Waals surface area contributed by atoms with Crippen molar-refractivity contribution in [1.29, 1.82) is 0 Å². The van der Waals surface area contributed by atoms with Crippen molar-refractivity contribution in [1.82, 2.24) is 4.31 Å². The van der Waals surface area contributed by atoms with E-state index < -0.39 is 16.3 Å². The molecule has 0 bridgehead atoms. The van der Waals surface area contributed by atoms with Gasteiger partial charge < -0.3 is 4.74 Å². The zero-order valence-corrected chi connectivity index (χ0v) is 11.0. The molecular formula is C12H16FNO3S. The van der Waals surface area contributed by atoms with E-state index in [2.05, 4.69) is 0 Å². The van der Waals surface area contributed by atoms with Crippen molar-refractivity contribution in [3.05, 3.63) is 35.6 Å². The Hall–Kier alpha value is -0.980. The van der Waals surface area contributed by atoms with Crippen LogP contribution in [-0.2, 0) is 20.5 Å². The normalized spacial score (nSPS) is 22.0. The molecule has 0 N–H and O–H groups in total. The summed E-state index contributed by atoms with van der Waals surface area (Å²) in [6.45, 7) is 2.79. The molecule has 0 spiro atoms. The van der Waals surface area contributed by atoms with Gasteiger partial charge in [0.1, 0.15) is 12.0 Å². The SMILES string of the molecule is CC1OCCCN1S(=O)(=O)Cc1ccc(F)cc1. The summed E-state index contributed by atoms with van der Waals surface area (Å²) in [5.74, 6) is -0.494. The van der Waals surface area contributed by atoms with Gasteiger partial charge in [-0.2, -0.15) is 4.31 Å². The fourth-order valence-corrected chi connectivity index (χ4v) is 3.68. The van der Waals surface area contributed by atoms with E-state index in [1.54, 1.807) is 6.92 Å². The molecule has 1 aromatic carbocycles. The van der Waals surface area contributed by atoms with Crippen LogP contribution in [0.4, 0.5) is 4.39 Å². The highest BCUT2D eigenvalue weighted by molar-refractivity contribution is 7.88. The number of halogens is 1. The summed E-state index contributed by atoms with van der Waals surface area (Å²) in [7, 11) is -3.41. The minimum absolute atomic E-state index is 0.124. The van der Waals surface area contributed by atoms with Gasteiger partial charge in [0.05, 0.1) is 5.75 Å². The summed E-state index contributed by atoms with van der Waals surface area (Å²) in [5, 5.41) is 0. The molecule has 1 atom stereocenters. The molecule has 0 saturated carbocycles. The minimum atomic E-state index is -3.41. The Kier molecular flexibility index (Phi) is 3.99. The van der Waals surface area contributed by atoms with Crippen LogP contribution in [0.3, 0.4) is 0 Å². The number of sulfonamides is 1. The van der Waals surface area contributed by atoms with E-state index in [0.717, 1.165) is 0 Å². The van der Waals surface area contributed by atoms with Crippen LogP contribution in [0.1, 0.15) is 18.9 Å². The summed E-state index contributed by atoms with van der Waals surface area (Å²) < 4.78 is 43.8. The van der Waals surface area contributed by atoms with Crippen LogP contribution in [0.2, 0.25) is 0 Å². The molecule has 0 amide bonds. The van der Waals surface area contributed by atoms with Crippen LogP contribution in [0.15, 0.2) is 24.3 Å². The lowest BCUT2D eigenvalue weighted by Gasteiger charge is -2.32. The Labute approximate surface area is 106 Å². The summed E-state index contributed by atoms with van der Waals surface area (Å²) >= 11 is 0. The lowest BCUT2D eigenvalue weighted by atomic mass is 10.2. The fourth-order valence-electron chi connectivity index (χ4n) is 1.98. The van der Waals surface area contributed by atoms with E-state index in [-0.39, 0.29) is 11.6 Å². The number of hydrogen-bond acceptors (Lipinski definition) is 3. The topological polar surface area (TPSA) is 46.6 Å². The van der Waals surface area contributed by atoms with Crippen LogP contribution >= 0.6 is 0 Å². The molecule has 4 nitrogen and oxygen atoms in total. The van der Waals surface area contributed by atoms with Crippen molar-refractivity contribution < 1.29 is 17.5 Å². The molecule has 1 fully saturated rings. The predicted octanol–water partition coefficient (Wildman–Crippen LogP) is 1.72. The third kappa shape index (κ3) is 3.07. The predicted molar refractivity (Wildman–Crippen MR) is 65.8 cm³/mol. The lowest BCUT2D eigenvalue weighted by Crippen LogP contribution is -2.45. The first-order valence-electron chi connectivity index (χ1n) is 5.84. The third-order valence-corrected chi connectivity index (χ3v) is 4.80. The van der Waals surface area contributed by atoms with Crippen molar-refractivity contribution >= 4 is 10.0 Å². The van der Waals surface area contributed by atoms with Crippen LogP contribution < -0.4 is 0 Å². The summed E-state index contributed by atoms with van der Waals surface area (Å²) in [4.78, 5) is 0. The van der Waals surface area contributed by atoms with Gasteiger partial charge in [-0.15, -0.1) is 0 Å². The van der Waals surface area contributed by atoms with E-state index in [4.69, 9.17) is 4.74 Å². The maximum atomic E-state index is 12.8.